The van der Waals surface area contributed by atoms with Crippen LogP contribution in [0.2, 0.25) is 0 Å². The molecule has 0 saturated heterocycles. The van der Waals surface area contributed by atoms with Crippen molar-refractivity contribution in [3.05, 3.63) is 29.6 Å². The Morgan fingerprint density at radius 3 is 2.84 bits per heavy atom. The second kappa shape index (κ2) is 5.26. The van der Waals surface area contributed by atoms with Crippen LogP contribution in [0.3, 0.4) is 0 Å². The average molecular weight is 265 g/mol. The summed E-state index contributed by atoms with van der Waals surface area (Å²) < 4.78 is 13.2. The molecule has 0 aromatic heterocycles. The SMILES string of the molecule is CC(C(=O)Nc1ccc(F)cc1/C(N)=N/O)C1CC1. The molecule has 4 N–H and O–H groups in total. The molecule has 1 aliphatic rings. The van der Waals surface area contributed by atoms with E-state index < -0.39 is 5.82 Å². The molecule has 1 fully saturated rings. The topological polar surface area (TPSA) is 87.7 Å². The van der Waals surface area contributed by atoms with Gasteiger partial charge in [-0.05, 0) is 37.0 Å². The number of nitrogens with zero attached hydrogens (tertiary/aromatic N) is 1. The Hall–Kier alpha value is -2.11. The van der Waals surface area contributed by atoms with Crippen molar-refractivity contribution < 1.29 is 14.4 Å². The van der Waals surface area contributed by atoms with Gasteiger partial charge in [-0.2, -0.15) is 0 Å². The third kappa shape index (κ3) is 3.01. The van der Waals surface area contributed by atoms with Crippen LogP contribution in [-0.2, 0) is 4.79 Å². The summed E-state index contributed by atoms with van der Waals surface area (Å²) in [7, 11) is 0. The predicted octanol–water partition coefficient (Wildman–Crippen LogP) is 1.90. The normalized spacial score (nSPS) is 17.1. The fourth-order valence-electron chi connectivity index (χ4n) is 1.95. The van der Waals surface area contributed by atoms with Gasteiger partial charge in [-0.15, -0.1) is 0 Å². The van der Waals surface area contributed by atoms with E-state index in [9.17, 15) is 9.18 Å². The second-order valence-electron chi connectivity index (χ2n) is 4.79. The number of nitrogens with two attached hydrogens (primary N) is 1. The molecule has 0 radical (unpaired) electrons. The van der Waals surface area contributed by atoms with Crippen molar-refractivity contribution in [3.8, 4) is 0 Å². The first-order valence-corrected chi connectivity index (χ1v) is 6.11. The maximum Gasteiger partial charge on any atom is 0.227 e. The largest absolute Gasteiger partial charge is 0.409 e. The summed E-state index contributed by atoms with van der Waals surface area (Å²) in [5.74, 6) is -0.567. The molecule has 1 aliphatic carbocycles. The number of hydrogen-bond donors (Lipinski definition) is 3. The van der Waals surface area contributed by atoms with Gasteiger partial charge in [0.05, 0.1) is 5.69 Å². The summed E-state index contributed by atoms with van der Waals surface area (Å²) in [6.07, 6.45) is 2.12. The molecule has 19 heavy (non-hydrogen) atoms. The zero-order valence-electron chi connectivity index (χ0n) is 10.6. The molecule has 1 unspecified atom stereocenters. The van der Waals surface area contributed by atoms with Crippen LogP contribution in [0.15, 0.2) is 23.4 Å². The van der Waals surface area contributed by atoms with Crippen molar-refractivity contribution in [1.29, 1.82) is 0 Å². The smallest absolute Gasteiger partial charge is 0.227 e. The highest BCUT2D eigenvalue weighted by atomic mass is 19.1. The van der Waals surface area contributed by atoms with E-state index >= 15 is 0 Å². The first kappa shape index (κ1) is 13.3. The van der Waals surface area contributed by atoms with E-state index in [0.717, 1.165) is 18.9 Å². The monoisotopic (exact) mass is 265 g/mol. The number of hydrogen-bond acceptors (Lipinski definition) is 3. The third-order valence-electron chi connectivity index (χ3n) is 3.37. The highest BCUT2D eigenvalue weighted by molar-refractivity contribution is 6.05. The standard InChI is InChI=1S/C13H16FN3O2/c1-7(8-2-3-8)13(18)16-11-5-4-9(14)6-10(11)12(15)17-19/h4-8,19H,2-3H2,1H3,(H2,15,17)(H,16,18). The minimum atomic E-state index is -0.519. The van der Waals surface area contributed by atoms with Crippen molar-refractivity contribution in [1.82, 2.24) is 0 Å². The van der Waals surface area contributed by atoms with E-state index in [1.54, 1.807) is 0 Å². The number of carbonyl (C=O) groups is 1. The fourth-order valence-corrected chi connectivity index (χ4v) is 1.95. The van der Waals surface area contributed by atoms with Crippen LogP contribution in [0.25, 0.3) is 0 Å². The Balaban J connectivity index is 2.21. The Morgan fingerprint density at radius 2 is 2.26 bits per heavy atom. The van der Waals surface area contributed by atoms with Crippen molar-refractivity contribution in [2.75, 3.05) is 5.32 Å². The van der Waals surface area contributed by atoms with Gasteiger partial charge in [0, 0.05) is 11.5 Å². The van der Waals surface area contributed by atoms with Crippen LogP contribution >= 0.6 is 0 Å². The van der Waals surface area contributed by atoms with Gasteiger partial charge in [-0.3, -0.25) is 4.79 Å². The molecule has 1 saturated carbocycles. The number of oxime groups is 1. The van der Waals surface area contributed by atoms with Crippen molar-refractivity contribution >= 4 is 17.4 Å². The lowest BCUT2D eigenvalue weighted by molar-refractivity contribution is -0.119. The quantitative estimate of drug-likeness (QED) is 0.336. The molecule has 0 bridgehead atoms. The number of carbonyl (C=O) groups excluding carboxylic acids is 1. The zero-order chi connectivity index (χ0) is 14.0. The molecule has 5 nitrogen and oxygen atoms in total. The van der Waals surface area contributed by atoms with E-state index in [2.05, 4.69) is 10.5 Å². The van der Waals surface area contributed by atoms with Crippen molar-refractivity contribution in [3.63, 3.8) is 0 Å². The van der Waals surface area contributed by atoms with Crippen molar-refractivity contribution in [2.24, 2.45) is 22.7 Å². The molecule has 2 rings (SSSR count). The maximum atomic E-state index is 13.2. The molecule has 1 aromatic rings. The molecule has 0 aliphatic heterocycles. The average Bonchev–Trinajstić information content (AvgIpc) is 3.23. The minimum absolute atomic E-state index is 0.0924. The lowest BCUT2D eigenvalue weighted by Crippen LogP contribution is -2.24. The molecule has 102 valence electrons. The van der Waals surface area contributed by atoms with Crippen LogP contribution in [0.4, 0.5) is 10.1 Å². The van der Waals surface area contributed by atoms with Gasteiger partial charge in [0.25, 0.3) is 0 Å². The van der Waals surface area contributed by atoms with Crippen LogP contribution in [0.5, 0.6) is 0 Å². The van der Waals surface area contributed by atoms with E-state index in [4.69, 9.17) is 10.9 Å². The minimum Gasteiger partial charge on any atom is -0.409 e. The second-order valence-corrected chi connectivity index (χ2v) is 4.79. The zero-order valence-corrected chi connectivity index (χ0v) is 10.6. The molecular weight excluding hydrogens is 249 g/mol. The molecule has 1 atom stereocenters. The summed E-state index contributed by atoms with van der Waals surface area (Å²) in [6, 6.07) is 3.73. The van der Waals surface area contributed by atoms with Crippen LogP contribution in [-0.4, -0.2) is 17.0 Å². The van der Waals surface area contributed by atoms with Crippen LogP contribution in [0.1, 0.15) is 25.3 Å². The number of nitrogens with one attached hydrogen (secondary N) is 1. The number of rotatable bonds is 4. The highest BCUT2D eigenvalue weighted by Gasteiger charge is 2.32. The summed E-state index contributed by atoms with van der Waals surface area (Å²) in [4.78, 5) is 12.0. The third-order valence-corrected chi connectivity index (χ3v) is 3.37. The predicted molar refractivity (Wildman–Crippen MR) is 69.4 cm³/mol. The van der Waals surface area contributed by atoms with Gasteiger partial charge < -0.3 is 16.3 Å². The van der Waals surface area contributed by atoms with E-state index in [-0.39, 0.29) is 23.2 Å². The van der Waals surface area contributed by atoms with Gasteiger partial charge >= 0.3 is 0 Å². The van der Waals surface area contributed by atoms with Crippen LogP contribution in [0, 0.1) is 17.7 Å². The molecular formula is C13H16FN3O2. The summed E-state index contributed by atoms with van der Waals surface area (Å²) >= 11 is 0. The molecule has 6 heteroatoms. The summed E-state index contributed by atoms with van der Waals surface area (Å²) in [5.41, 5.74) is 5.98. The first-order valence-electron chi connectivity index (χ1n) is 6.11. The van der Waals surface area contributed by atoms with E-state index in [1.165, 1.54) is 12.1 Å². The van der Waals surface area contributed by atoms with Gasteiger partial charge in [0.1, 0.15) is 5.82 Å². The fraction of sp³-hybridized carbons (Fsp3) is 0.385. The first-order chi connectivity index (χ1) is 9.02. The number of amidine groups is 1. The van der Waals surface area contributed by atoms with Gasteiger partial charge in [-0.1, -0.05) is 12.1 Å². The number of benzene rings is 1. The van der Waals surface area contributed by atoms with Crippen LogP contribution < -0.4 is 11.1 Å². The Labute approximate surface area is 110 Å². The molecule has 0 heterocycles. The Bertz CT molecular complexity index is 527. The van der Waals surface area contributed by atoms with E-state index in [1.807, 2.05) is 6.92 Å². The number of anilines is 1. The molecule has 0 spiro atoms. The summed E-state index contributed by atoms with van der Waals surface area (Å²) in [5, 5.41) is 14.2. The maximum absolute atomic E-state index is 13.2. The highest BCUT2D eigenvalue weighted by Crippen LogP contribution is 2.37. The lowest BCUT2D eigenvalue weighted by atomic mass is 10.0. The van der Waals surface area contributed by atoms with Crippen molar-refractivity contribution in [2.45, 2.75) is 19.8 Å². The van der Waals surface area contributed by atoms with Gasteiger partial charge in [0.2, 0.25) is 5.91 Å². The Morgan fingerprint density at radius 1 is 1.58 bits per heavy atom. The summed E-state index contributed by atoms with van der Waals surface area (Å²) in [6.45, 7) is 1.86. The number of amides is 1. The van der Waals surface area contributed by atoms with Gasteiger partial charge in [-0.25, -0.2) is 4.39 Å². The van der Waals surface area contributed by atoms with Gasteiger partial charge in [0.15, 0.2) is 5.84 Å². The molecule has 1 amide bonds. The Kier molecular flexibility index (Phi) is 3.69. The van der Waals surface area contributed by atoms with E-state index in [0.29, 0.717) is 11.6 Å². The lowest BCUT2D eigenvalue weighted by Gasteiger charge is -2.14. The molecule has 1 aromatic carbocycles. The number of halogens is 1.